The van der Waals surface area contributed by atoms with Crippen molar-refractivity contribution in [2.75, 3.05) is 12.4 Å². The Labute approximate surface area is 112 Å². The van der Waals surface area contributed by atoms with Crippen molar-refractivity contribution in [3.05, 3.63) is 29.3 Å². The van der Waals surface area contributed by atoms with Gasteiger partial charge in [0.2, 0.25) is 0 Å². The number of hydrogen-bond donors (Lipinski definition) is 1. The predicted molar refractivity (Wildman–Crippen MR) is 72.8 cm³/mol. The van der Waals surface area contributed by atoms with E-state index in [1.54, 1.807) is 6.07 Å². The molecule has 0 heterocycles. The first-order chi connectivity index (χ1) is 8.41. The molecule has 3 nitrogen and oxygen atoms in total. The maximum absolute atomic E-state index is 12.1. The summed E-state index contributed by atoms with van der Waals surface area (Å²) in [7, 11) is 1.42. The van der Waals surface area contributed by atoms with Crippen molar-refractivity contribution >= 4 is 23.3 Å². The number of benzene rings is 1. The Kier molecular flexibility index (Phi) is 3.28. The molecule has 1 fully saturated rings. The first-order valence-corrected chi connectivity index (χ1v) is 6.41. The van der Waals surface area contributed by atoms with Gasteiger partial charge in [0, 0.05) is 16.1 Å². The minimum Gasteiger partial charge on any atom is -0.467 e. The lowest BCUT2D eigenvalue weighted by Crippen LogP contribution is -2.51. The van der Waals surface area contributed by atoms with E-state index in [2.05, 4.69) is 12.2 Å². The zero-order valence-corrected chi connectivity index (χ0v) is 11.7. The molecule has 1 aliphatic carbocycles. The van der Waals surface area contributed by atoms with E-state index < -0.39 is 5.54 Å². The minimum atomic E-state index is -0.716. The Morgan fingerprint density at radius 3 is 2.67 bits per heavy atom. The van der Waals surface area contributed by atoms with Gasteiger partial charge in [-0.1, -0.05) is 24.6 Å². The van der Waals surface area contributed by atoms with E-state index in [0.29, 0.717) is 5.02 Å². The molecule has 2 rings (SSSR count). The molecule has 0 bridgehead atoms. The van der Waals surface area contributed by atoms with E-state index in [9.17, 15) is 4.79 Å². The summed E-state index contributed by atoms with van der Waals surface area (Å²) in [4.78, 5) is 12.1. The van der Waals surface area contributed by atoms with Gasteiger partial charge in [-0.05, 0) is 38.0 Å². The zero-order chi connectivity index (χ0) is 13.4. The lowest BCUT2D eigenvalue weighted by atomic mass is 9.83. The summed E-state index contributed by atoms with van der Waals surface area (Å²) in [5, 5.41) is 3.94. The standard InChI is InChI=1S/C14H18ClNO2/c1-13(7-8-13)14(2,12(17)18-3)16-11-6-4-5-10(15)9-11/h4-6,9,16H,7-8H2,1-3H3. The van der Waals surface area contributed by atoms with Crippen LogP contribution in [0, 0.1) is 5.41 Å². The molecule has 0 aromatic heterocycles. The highest BCUT2D eigenvalue weighted by Crippen LogP contribution is 2.55. The Bertz CT molecular complexity index is 471. The summed E-state index contributed by atoms with van der Waals surface area (Å²) >= 11 is 5.96. The van der Waals surface area contributed by atoms with Crippen molar-refractivity contribution in [2.45, 2.75) is 32.2 Å². The maximum Gasteiger partial charge on any atom is 0.331 e. The molecule has 1 N–H and O–H groups in total. The number of anilines is 1. The van der Waals surface area contributed by atoms with Crippen LogP contribution in [-0.2, 0) is 9.53 Å². The van der Waals surface area contributed by atoms with Crippen molar-refractivity contribution in [3.63, 3.8) is 0 Å². The average molecular weight is 268 g/mol. The monoisotopic (exact) mass is 267 g/mol. The second kappa shape index (κ2) is 4.47. The van der Waals surface area contributed by atoms with Crippen LogP contribution in [0.2, 0.25) is 5.02 Å². The Hall–Kier alpha value is -1.22. The zero-order valence-electron chi connectivity index (χ0n) is 10.9. The van der Waals surface area contributed by atoms with Gasteiger partial charge in [-0.25, -0.2) is 4.79 Å². The van der Waals surface area contributed by atoms with Crippen LogP contribution < -0.4 is 5.32 Å². The number of hydrogen-bond acceptors (Lipinski definition) is 3. The second-order valence-electron chi connectivity index (χ2n) is 5.31. The lowest BCUT2D eigenvalue weighted by molar-refractivity contribution is -0.147. The third kappa shape index (κ3) is 2.19. The lowest BCUT2D eigenvalue weighted by Gasteiger charge is -2.35. The van der Waals surface area contributed by atoms with Gasteiger partial charge in [-0.3, -0.25) is 0 Å². The Morgan fingerprint density at radius 2 is 2.17 bits per heavy atom. The van der Waals surface area contributed by atoms with Gasteiger partial charge in [0.15, 0.2) is 0 Å². The van der Waals surface area contributed by atoms with Crippen molar-refractivity contribution in [1.29, 1.82) is 0 Å². The first kappa shape index (κ1) is 13.2. The molecular weight excluding hydrogens is 250 g/mol. The van der Waals surface area contributed by atoms with Crippen LogP contribution in [0.4, 0.5) is 5.69 Å². The first-order valence-electron chi connectivity index (χ1n) is 6.03. The molecule has 4 heteroatoms. The fraction of sp³-hybridized carbons (Fsp3) is 0.500. The van der Waals surface area contributed by atoms with E-state index in [-0.39, 0.29) is 11.4 Å². The van der Waals surface area contributed by atoms with Crippen molar-refractivity contribution in [1.82, 2.24) is 0 Å². The second-order valence-corrected chi connectivity index (χ2v) is 5.75. The highest BCUT2D eigenvalue weighted by Gasteiger charge is 2.58. The Morgan fingerprint density at radius 1 is 1.50 bits per heavy atom. The van der Waals surface area contributed by atoms with Crippen molar-refractivity contribution in [2.24, 2.45) is 5.41 Å². The molecule has 0 spiro atoms. The van der Waals surface area contributed by atoms with Crippen LogP contribution in [0.25, 0.3) is 0 Å². The number of ether oxygens (including phenoxy) is 1. The maximum atomic E-state index is 12.1. The van der Waals surface area contributed by atoms with Gasteiger partial charge in [0.1, 0.15) is 5.54 Å². The van der Waals surface area contributed by atoms with Gasteiger partial charge in [-0.2, -0.15) is 0 Å². The van der Waals surface area contributed by atoms with E-state index in [1.165, 1.54) is 7.11 Å². The molecular formula is C14H18ClNO2. The smallest absolute Gasteiger partial charge is 0.331 e. The SMILES string of the molecule is COC(=O)C(C)(Nc1cccc(Cl)c1)C1(C)CC1. The van der Waals surface area contributed by atoms with Gasteiger partial charge in [0.05, 0.1) is 7.11 Å². The summed E-state index contributed by atoms with van der Waals surface area (Å²) in [5.41, 5.74) is 0.0676. The molecule has 1 aliphatic rings. The fourth-order valence-corrected chi connectivity index (χ4v) is 2.39. The number of esters is 1. The van der Waals surface area contributed by atoms with Crippen LogP contribution in [0.5, 0.6) is 0 Å². The van der Waals surface area contributed by atoms with Gasteiger partial charge in [-0.15, -0.1) is 0 Å². The summed E-state index contributed by atoms with van der Waals surface area (Å²) < 4.78 is 4.95. The van der Waals surface area contributed by atoms with Gasteiger partial charge < -0.3 is 10.1 Å². The Balaban J connectivity index is 2.29. The van der Waals surface area contributed by atoms with Crippen LogP contribution in [-0.4, -0.2) is 18.6 Å². The summed E-state index contributed by atoms with van der Waals surface area (Å²) in [6.07, 6.45) is 2.04. The van der Waals surface area contributed by atoms with Crippen molar-refractivity contribution in [3.8, 4) is 0 Å². The quantitative estimate of drug-likeness (QED) is 0.849. The van der Waals surface area contributed by atoms with Crippen molar-refractivity contribution < 1.29 is 9.53 Å². The highest BCUT2D eigenvalue weighted by molar-refractivity contribution is 6.30. The molecule has 0 saturated heterocycles. The molecule has 18 heavy (non-hydrogen) atoms. The molecule has 1 atom stereocenters. The van der Waals surface area contributed by atoms with Crippen LogP contribution >= 0.6 is 11.6 Å². The number of carbonyl (C=O) groups is 1. The molecule has 0 amide bonds. The molecule has 98 valence electrons. The molecule has 1 aromatic rings. The number of rotatable bonds is 4. The molecule has 1 aromatic carbocycles. The highest BCUT2D eigenvalue weighted by atomic mass is 35.5. The van der Waals surface area contributed by atoms with E-state index in [0.717, 1.165) is 18.5 Å². The summed E-state index contributed by atoms with van der Waals surface area (Å²) in [6, 6.07) is 7.38. The average Bonchev–Trinajstić information content (AvgIpc) is 3.07. The summed E-state index contributed by atoms with van der Waals surface area (Å²) in [6.45, 7) is 3.99. The summed E-state index contributed by atoms with van der Waals surface area (Å²) in [5.74, 6) is -0.234. The number of methoxy groups -OCH3 is 1. The van der Waals surface area contributed by atoms with Crippen LogP contribution in [0.15, 0.2) is 24.3 Å². The number of nitrogens with one attached hydrogen (secondary N) is 1. The largest absolute Gasteiger partial charge is 0.467 e. The molecule has 1 unspecified atom stereocenters. The van der Waals surface area contributed by atoms with Crippen LogP contribution in [0.3, 0.4) is 0 Å². The van der Waals surface area contributed by atoms with E-state index in [1.807, 2.05) is 25.1 Å². The van der Waals surface area contributed by atoms with E-state index >= 15 is 0 Å². The molecule has 1 saturated carbocycles. The fourth-order valence-electron chi connectivity index (χ4n) is 2.19. The van der Waals surface area contributed by atoms with E-state index in [4.69, 9.17) is 16.3 Å². The molecule has 0 aliphatic heterocycles. The van der Waals surface area contributed by atoms with Gasteiger partial charge >= 0.3 is 5.97 Å². The topological polar surface area (TPSA) is 38.3 Å². The van der Waals surface area contributed by atoms with Gasteiger partial charge in [0.25, 0.3) is 0 Å². The minimum absolute atomic E-state index is 0.0532. The molecule has 0 radical (unpaired) electrons. The third-order valence-electron chi connectivity index (χ3n) is 4.02. The third-order valence-corrected chi connectivity index (χ3v) is 4.25. The van der Waals surface area contributed by atoms with Crippen LogP contribution in [0.1, 0.15) is 26.7 Å². The predicted octanol–water partition coefficient (Wildman–Crippen LogP) is 3.48. The normalized spacial score (nSPS) is 19.8. The number of halogens is 1. The number of carbonyl (C=O) groups excluding carboxylic acids is 1.